The molecular formula is C8H19N2Y. The Balaban J connectivity index is -0.000000320. The average molecular weight is 232 g/mol. The molecule has 0 radical (unpaired) electrons. The fourth-order valence-corrected chi connectivity index (χ4v) is 0.650. The van der Waals surface area contributed by atoms with Gasteiger partial charge in [0.05, 0.1) is 0 Å². The van der Waals surface area contributed by atoms with Crippen molar-refractivity contribution in [3.8, 4) is 0 Å². The van der Waals surface area contributed by atoms with E-state index in [2.05, 4.69) is 18.7 Å². The molecule has 0 aliphatic rings. The van der Waals surface area contributed by atoms with E-state index >= 15 is 0 Å². The predicted octanol–water partition coefficient (Wildman–Crippen LogP) is 0.753. The van der Waals surface area contributed by atoms with E-state index in [0.717, 1.165) is 32.6 Å². The Hall–Kier alpha value is 1.02. The van der Waals surface area contributed by atoms with Crippen molar-refractivity contribution >= 4 is 0 Å². The minimum Gasteiger partial charge on any atom is -0.362 e. The summed E-state index contributed by atoms with van der Waals surface area (Å²) in [6.07, 6.45) is 1.05. The fraction of sp³-hybridized carbons (Fsp3) is 0.625. The number of hydrogen-bond acceptors (Lipinski definition) is 2. The maximum atomic E-state index is 5.32. The van der Waals surface area contributed by atoms with Gasteiger partial charge < -0.3 is 31.9 Å². The van der Waals surface area contributed by atoms with Crippen LogP contribution < -0.4 is 5.73 Å². The molecule has 2 nitrogen and oxygen atoms in total. The molecule has 0 aromatic heterocycles. The topological polar surface area (TPSA) is 29.3 Å². The molecule has 0 spiro atoms. The maximum absolute atomic E-state index is 5.32. The van der Waals surface area contributed by atoms with E-state index in [1.54, 1.807) is 0 Å². The van der Waals surface area contributed by atoms with Gasteiger partial charge in [-0.3, -0.25) is 0 Å². The quantitative estimate of drug-likeness (QED) is 0.709. The molecule has 0 atom stereocenters. The van der Waals surface area contributed by atoms with E-state index in [1.165, 1.54) is 0 Å². The summed E-state index contributed by atoms with van der Waals surface area (Å²) in [4.78, 5) is 2.16. The van der Waals surface area contributed by atoms with Crippen LogP contribution in [0.5, 0.6) is 0 Å². The van der Waals surface area contributed by atoms with Gasteiger partial charge in [0.15, 0.2) is 0 Å². The van der Waals surface area contributed by atoms with Gasteiger partial charge >= 0.3 is 32.7 Å². The summed E-state index contributed by atoms with van der Waals surface area (Å²) in [5.41, 5.74) is 5.32. The minimum atomic E-state index is 0. The second-order valence-electron chi connectivity index (χ2n) is 1.98. The number of nitrogens with two attached hydrogens (primary N) is 1. The fourth-order valence-electron chi connectivity index (χ4n) is 0.650. The zero-order valence-corrected chi connectivity index (χ0v) is 10.4. The van der Waals surface area contributed by atoms with E-state index in [1.807, 2.05) is 0 Å². The first kappa shape index (κ1) is 17.9. The van der Waals surface area contributed by atoms with Crippen molar-refractivity contribution in [2.24, 2.45) is 5.73 Å². The van der Waals surface area contributed by atoms with Gasteiger partial charge in [-0.1, -0.05) is 0 Å². The smallest absolute Gasteiger partial charge is 0.362 e. The number of nitrogens with zero attached hydrogens (tertiary/aromatic N) is 1. The van der Waals surface area contributed by atoms with Crippen LogP contribution in [-0.4, -0.2) is 31.1 Å². The third kappa shape index (κ3) is 11.0. The van der Waals surface area contributed by atoms with Crippen LogP contribution in [0, 0.1) is 21.3 Å². The summed E-state index contributed by atoms with van der Waals surface area (Å²) < 4.78 is 0. The van der Waals surface area contributed by atoms with Crippen LogP contribution in [0.15, 0.2) is 0 Å². The third-order valence-electron chi connectivity index (χ3n) is 1.31. The Labute approximate surface area is 96.8 Å². The maximum Gasteiger partial charge on any atom is 3.00 e. The zero-order chi connectivity index (χ0) is 7.11. The molecule has 0 aromatic carbocycles. The summed E-state index contributed by atoms with van der Waals surface area (Å²) in [6, 6.07) is 0. The number of hydrogen-bond donors (Lipinski definition) is 1. The van der Waals surface area contributed by atoms with Gasteiger partial charge in [0.2, 0.25) is 0 Å². The van der Waals surface area contributed by atoms with Crippen LogP contribution in [0.2, 0.25) is 0 Å². The van der Waals surface area contributed by atoms with Gasteiger partial charge in [-0.05, 0) is 19.5 Å². The van der Waals surface area contributed by atoms with Crippen molar-refractivity contribution in [2.45, 2.75) is 6.42 Å². The first-order valence-electron chi connectivity index (χ1n) is 3.36. The Morgan fingerprint density at radius 2 is 1.64 bits per heavy atom. The van der Waals surface area contributed by atoms with Crippen molar-refractivity contribution in [2.75, 3.05) is 26.2 Å². The summed E-state index contributed by atoms with van der Waals surface area (Å²) in [5.74, 6) is 0. The van der Waals surface area contributed by atoms with Crippen LogP contribution >= 0.6 is 0 Å². The molecule has 0 rings (SSSR count). The first-order valence-corrected chi connectivity index (χ1v) is 3.36. The summed E-state index contributed by atoms with van der Waals surface area (Å²) >= 11 is 0. The van der Waals surface area contributed by atoms with Gasteiger partial charge in [0, 0.05) is 0 Å². The molecule has 0 saturated heterocycles. The third-order valence-corrected chi connectivity index (χ3v) is 1.31. The molecule has 0 aliphatic heterocycles. The van der Waals surface area contributed by atoms with Crippen molar-refractivity contribution < 1.29 is 32.7 Å². The van der Waals surface area contributed by atoms with Crippen molar-refractivity contribution in [1.29, 1.82) is 0 Å². The van der Waals surface area contributed by atoms with Gasteiger partial charge in [0.25, 0.3) is 0 Å². The van der Waals surface area contributed by atoms with Crippen molar-refractivity contribution in [3.05, 3.63) is 21.3 Å². The predicted molar refractivity (Wildman–Crippen MR) is 47.2 cm³/mol. The van der Waals surface area contributed by atoms with E-state index < -0.39 is 0 Å². The van der Waals surface area contributed by atoms with Crippen LogP contribution in [0.3, 0.4) is 0 Å². The molecule has 0 unspecified atom stereocenters. The zero-order valence-electron chi connectivity index (χ0n) is 7.55. The van der Waals surface area contributed by atoms with Gasteiger partial charge in [-0.2, -0.15) is 0 Å². The SMILES string of the molecule is [CH2-]CN(C[CH2-])CCCN.[CH3-].[Y+3]. The van der Waals surface area contributed by atoms with E-state index in [4.69, 9.17) is 5.73 Å². The van der Waals surface area contributed by atoms with Crippen LogP contribution in [0.1, 0.15) is 6.42 Å². The standard InChI is InChI=1S/C7H16N2.CH3.Y/c1-3-9(4-2)7-5-6-8;;/h1-8H2;1H3;/q-2;-1;+3. The Bertz CT molecular complexity index is 56.1. The van der Waals surface area contributed by atoms with E-state index in [-0.39, 0.29) is 40.1 Å². The van der Waals surface area contributed by atoms with Gasteiger partial charge in [-0.15, -0.1) is 13.1 Å². The van der Waals surface area contributed by atoms with Crippen LogP contribution in [0.25, 0.3) is 0 Å². The molecule has 3 heteroatoms. The average Bonchev–Trinajstić information content (AvgIpc) is 1.91. The van der Waals surface area contributed by atoms with E-state index in [9.17, 15) is 0 Å². The first-order chi connectivity index (χ1) is 4.35. The molecule has 0 fully saturated rings. The summed E-state index contributed by atoms with van der Waals surface area (Å²) in [7, 11) is 0. The minimum absolute atomic E-state index is 0. The molecule has 0 saturated carbocycles. The Morgan fingerprint density at radius 1 is 1.18 bits per heavy atom. The molecule has 0 aliphatic carbocycles. The summed E-state index contributed by atoms with van der Waals surface area (Å²) in [6.45, 7) is 11.0. The van der Waals surface area contributed by atoms with Crippen molar-refractivity contribution in [3.63, 3.8) is 0 Å². The van der Waals surface area contributed by atoms with E-state index in [0.29, 0.717) is 0 Å². The monoisotopic (exact) mass is 232 g/mol. The van der Waals surface area contributed by atoms with Crippen LogP contribution in [0.4, 0.5) is 0 Å². The summed E-state index contributed by atoms with van der Waals surface area (Å²) in [5, 5.41) is 0. The molecule has 0 heterocycles. The Kier molecular flexibility index (Phi) is 22.2. The normalized spacial score (nSPS) is 8.73. The molecule has 0 amide bonds. The second-order valence-corrected chi connectivity index (χ2v) is 1.98. The molecule has 2 N–H and O–H groups in total. The van der Waals surface area contributed by atoms with Crippen LogP contribution in [-0.2, 0) is 32.7 Å². The molecule has 11 heavy (non-hydrogen) atoms. The Morgan fingerprint density at radius 3 is 1.91 bits per heavy atom. The number of rotatable bonds is 5. The molecule has 0 aromatic rings. The second kappa shape index (κ2) is 13.6. The van der Waals surface area contributed by atoms with Gasteiger partial charge in [-0.25, -0.2) is 0 Å². The molecule has 64 valence electrons. The van der Waals surface area contributed by atoms with Gasteiger partial charge in [0.1, 0.15) is 0 Å². The molecule has 0 bridgehead atoms. The molecular weight excluding hydrogens is 213 g/mol. The largest absolute Gasteiger partial charge is 3.00 e. The van der Waals surface area contributed by atoms with Crippen molar-refractivity contribution in [1.82, 2.24) is 4.90 Å².